The van der Waals surface area contributed by atoms with E-state index < -0.39 is 0 Å². The highest BCUT2D eigenvalue weighted by Crippen LogP contribution is 2.54. The van der Waals surface area contributed by atoms with E-state index >= 15 is 0 Å². The molecule has 2 aromatic heterocycles. The molecule has 3 aromatic rings. The Labute approximate surface area is 170 Å². The van der Waals surface area contributed by atoms with Gasteiger partial charge in [-0.3, -0.25) is 14.8 Å². The van der Waals surface area contributed by atoms with Gasteiger partial charge in [-0.05, 0) is 65.5 Å². The zero-order chi connectivity index (χ0) is 19.6. The Hall–Kier alpha value is -3.21. The first-order valence-corrected chi connectivity index (χ1v) is 10.2. The van der Waals surface area contributed by atoms with Crippen molar-refractivity contribution in [3.8, 4) is 0 Å². The van der Waals surface area contributed by atoms with E-state index in [9.17, 15) is 4.79 Å². The third kappa shape index (κ3) is 3.86. The van der Waals surface area contributed by atoms with Gasteiger partial charge in [-0.2, -0.15) is 0 Å². The fourth-order valence-electron chi connectivity index (χ4n) is 4.62. The predicted molar refractivity (Wildman–Crippen MR) is 115 cm³/mol. The van der Waals surface area contributed by atoms with Crippen molar-refractivity contribution in [2.75, 3.05) is 24.5 Å². The normalized spacial score (nSPS) is 22.8. The van der Waals surface area contributed by atoms with Gasteiger partial charge in [0.25, 0.3) is 0 Å². The molecule has 1 unspecified atom stereocenters. The number of nitrogens with one attached hydrogen (secondary N) is 1. The number of aromatic nitrogens is 2. The fraction of sp³-hybridized carbons (Fsp3) is 0.292. The van der Waals surface area contributed by atoms with Crippen LogP contribution in [0.4, 0.5) is 5.69 Å². The van der Waals surface area contributed by atoms with Crippen LogP contribution < -0.4 is 10.2 Å². The SMILES string of the molecule is O=C(/C=C/c1cccnc1)NCCC1[C@H]2CN(c3ccc4cnccc4c3)C[C@@H]12. The van der Waals surface area contributed by atoms with Crippen LogP contribution in [0.5, 0.6) is 0 Å². The van der Waals surface area contributed by atoms with Crippen molar-refractivity contribution >= 4 is 28.4 Å². The molecule has 5 rings (SSSR count). The summed E-state index contributed by atoms with van der Waals surface area (Å²) in [4.78, 5) is 22.7. The van der Waals surface area contributed by atoms with Crippen LogP contribution in [0.15, 0.2) is 67.3 Å². The number of hydrogen-bond acceptors (Lipinski definition) is 4. The first-order chi connectivity index (χ1) is 14.3. The Morgan fingerprint density at radius 3 is 2.76 bits per heavy atom. The molecule has 5 heteroatoms. The second-order valence-electron chi connectivity index (χ2n) is 8.00. The van der Waals surface area contributed by atoms with Gasteiger partial charge in [-0.1, -0.05) is 12.1 Å². The number of anilines is 1. The lowest BCUT2D eigenvalue weighted by molar-refractivity contribution is -0.116. The van der Waals surface area contributed by atoms with E-state index in [2.05, 4.69) is 44.5 Å². The van der Waals surface area contributed by atoms with E-state index in [1.54, 1.807) is 24.5 Å². The number of amides is 1. The van der Waals surface area contributed by atoms with E-state index in [0.717, 1.165) is 49.4 Å². The molecule has 1 amide bonds. The molecule has 1 aromatic carbocycles. The lowest BCUT2D eigenvalue weighted by atomic mass is 10.1. The van der Waals surface area contributed by atoms with Gasteiger partial charge in [0.05, 0.1) is 0 Å². The van der Waals surface area contributed by atoms with E-state index in [1.165, 1.54) is 16.5 Å². The van der Waals surface area contributed by atoms with E-state index in [4.69, 9.17) is 0 Å². The lowest BCUT2D eigenvalue weighted by Gasteiger charge is -2.22. The number of piperidine rings is 1. The average Bonchev–Trinajstić information content (AvgIpc) is 3.20. The Kier molecular flexibility index (Phi) is 4.72. The zero-order valence-electron chi connectivity index (χ0n) is 16.2. The van der Waals surface area contributed by atoms with Gasteiger partial charge >= 0.3 is 0 Å². The number of rotatable bonds is 6. The molecule has 1 saturated heterocycles. The second-order valence-corrected chi connectivity index (χ2v) is 8.00. The molecule has 0 bridgehead atoms. The molecule has 1 N–H and O–H groups in total. The highest BCUT2D eigenvalue weighted by molar-refractivity contribution is 5.91. The van der Waals surface area contributed by atoms with Crippen LogP contribution >= 0.6 is 0 Å². The van der Waals surface area contributed by atoms with Crippen LogP contribution in [0.1, 0.15) is 12.0 Å². The number of carbonyl (C=O) groups excluding carboxylic acids is 1. The van der Waals surface area contributed by atoms with Crippen LogP contribution in [-0.4, -0.2) is 35.5 Å². The smallest absolute Gasteiger partial charge is 0.244 e. The van der Waals surface area contributed by atoms with Crippen LogP contribution in [-0.2, 0) is 4.79 Å². The van der Waals surface area contributed by atoms with Gasteiger partial charge in [-0.25, -0.2) is 0 Å². The van der Waals surface area contributed by atoms with E-state index in [-0.39, 0.29) is 5.91 Å². The Bertz CT molecular complexity index is 1040. The van der Waals surface area contributed by atoms with Crippen molar-refractivity contribution in [3.63, 3.8) is 0 Å². The number of hydrogen-bond donors (Lipinski definition) is 1. The molecule has 1 saturated carbocycles. The molecule has 1 aliphatic carbocycles. The minimum absolute atomic E-state index is 0.0352. The van der Waals surface area contributed by atoms with E-state index in [1.807, 2.05) is 24.5 Å². The minimum Gasteiger partial charge on any atom is -0.371 e. The summed E-state index contributed by atoms with van der Waals surface area (Å²) in [6.07, 6.45) is 11.7. The van der Waals surface area contributed by atoms with E-state index in [0.29, 0.717) is 0 Å². The highest BCUT2D eigenvalue weighted by atomic mass is 16.1. The quantitative estimate of drug-likeness (QED) is 0.661. The summed E-state index contributed by atoms with van der Waals surface area (Å²) in [5.41, 5.74) is 2.24. The largest absolute Gasteiger partial charge is 0.371 e. The van der Waals surface area contributed by atoms with Crippen LogP contribution in [0.3, 0.4) is 0 Å². The second kappa shape index (κ2) is 7.66. The first kappa shape index (κ1) is 17.9. The highest BCUT2D eigenvalue weighted by Gasteiger charge is 2.54. The molecule has 0 radical (unpaired) electrons. The van der Waals surface area contributed by atoms with Crippen molar-refractivity contribution in [1.82, 2.24) is 15.3 Å². The maximum atomic E-state index is 12.0. The fourth-order valence-corrected chi connectivity index (χ4v) is 4.62. The monoisotopic (exact) mass is 384 g/mol. The standard InChI is InChI=1S/C24H24N4O/c29-24(6-3-17-2-1-9-25-13-17)27-11-8-21-22-15-28(16-23(21)22)20-5-4-19-14-26-10-7-18(19)12-20/h1-7,9-10,12-14,21-23H,8,11,15-16H2,(H,27,29)/b6-3+/t21?,22-,23+. The van der Waals surface area contributed by atoms with Crippen molar-refractivity contribution in [2.24, 2.45) is 17.8 Å². The van der Waals surface area contributed by atoms with Crippen molar-refractivity contribution in [1.29, 1.82) is 0 Å². The Balaban J connectivity index is 1.08. The third-order valence-corrected chi connectivity index (χ3v) is 6.25. The average molecular weight is 384 g/mol. The Morgan fingerprint density at radius 2 is 1.93 bits per heavy atom. The molecular weight excluding hydrogens is 360 g/mol. The molecule has 3 atom stereocenters. The van der Waals surface area contributed by atoms with Crippen LogP contribution in [0.2, 0.25) is 0 Å². The third-order valence-electron chi connectivity index (χ3n) is 6.25. The summed E-state index contributed by atoms with van der Waals surface area (Å²) in [7, 11) is 0. The van der Waals surface area contributed by atoms with Gasteiger partial charge in [-0.15, -0.1) is 0 Å². The van der Waals surface area contributed by atoms with Crippen LogP contribution in [0, 0.1) is 17.8 Å². The summed E-state index contributed by atoms with van der Waals surface area (Å²) < 4.78 is 0. The summed E-state index contributed by atoms with van der Waals surface area (Å²) >= 11 is 0. The number of pyridine rings is 2. The molecular formula is C24H24N4O. The zero-order valence-corrected chi connectivity index (χ0v) is 16.2. The molecule has 1 aliphatic heterocycles. The van der Waals surface area contributed by atoms with Gasteiger partial charge in [0.2, 0.25) is 5.91 Å². The van der Waals surface area contributed by atoms with Gasteiger partial charge < -0.3 is 10.2 Å². The summed E-state index contributed by atoms with van der Waals surface area (Å²) in [6.45, 7) is 3.00. The molecule has 3 heterocycles. The van der Waals surface area contributed by atoms with Crippen molar-refractivity contribution < 1.29 is 4.79 Å². The van der Waals surface area contributed by atoms with Crippen molar-refractivity contribution in [3.05, 3.63) is 72.8 Å². The lowest BCUT2D eigenvalue weighted by Crippen LogP contribution is -2.26. The molecule has 5 nitrogen and oxygen atoms in total. The molecule has 0 spiro atoms. The summed E-state index contributed by atoms with van der Waals surface area (Å²) in [5.74, 6) is 2.25. The maximum absolute atomic E-state index is 12.0. The number of benzene rings is 1. The predicted octanol–water partition coefficient (Wildman–Crippen LogP) is 3.53. The van der Waals surface area contributed by atoms with Gasteiger partial charge in [0.1, 0.15) is 0 Å². The van der Waals surface area contributed by atoms with Crippen molar-refractivity contribution in [2.45, 2.75) is 6.42 Å². The summed E-state index contributed by atoms with van der Waals surface area (Å²) in [6, 6.07) is 12.5. The minimum atomic E-state index is -0.0352. The van der Waals surface area contributed by atoms with Gasteiger partial charge in [0.15, 0.2) is 0 Å². The first-order valence-electron chi connectivity index (χ1n) is 10.2. The topological polar surface area (TPSA) is 58.1 Å². The summed E-state index contributed by atoms with van der Waals surface area (Å²) in [5, 5.41) is 5.44. The number of fused-ring (bicyclic) bond motifs is 2. The maximum Gasteiger partial charge on any atom is 0.244 e. The molecule has 2 fully saturated rings. The number of carbonyl (C=O) groups is 1. The molecule has 2 aliphatic rings. The molecule has 146 valence electrons. The number of nitrogens with zero attached hydrogens (tertiary/aromatic N) is 3. The van der Waals surface area contributed by atoms with Gasteiger partial charge in [0, 0.05) is 61.6 Å². The molecule has 29 heavy (non-hydrogen) atoms. The Morgan fingerprint density at radius 1 is 1.07 bits per heavy atom. The van der Waals surface area contributed by atoms with Crippen LogP contribution in [0.25, 0.3) is 16.8 Å².